The van der Waals surface area contributed by atoms with Gasteiger partial charge in [0.1, 0.15) is 6.61 Å². The molecule has 2 aromatic carbocycles. The van der Waals surface area contributed by atoms with Gasteiger partial charge in [0.25, 0.3) is 0 Å². The lowest BCUT2D eigenvalue weighted by molar-refractivity contribution is 0.0473. The van der Waals surface area contributed by atoms with Crippen LogP contribution in [0.25, 0.3) is 0 Å². The summed E-state index contributed by atoms with van der Waals surface area (Å²) in [5.41, 5.74) is 7.17. The van der Waals surface area contributed by atoms with Gasteiger partial charge in [-0.2, -0.15) is 0 Å². The summed E-state index contributed by atoms with van der Waals surface area (Å²) in [5, 5.41) is 0.823. The summed E-state index contributed by atoms with van der Waals surface area (Å²) in [6.45, 7) is 0.0625. The maximum atomic E-state index is 11.8. The number of halogens is 2. The molecule has 0 aliphatic heterocycles. The first-order valence-corrected chi connectivity index (χ1v) is 6.29. The van der Waals surface area contributed by atoms with Gasteiger partial charge in [-0.15, -0.1) is 0 Å². The van der Waals surface area contributed by atoms with E-state index in [1.807, 2.05) is 0 Å². The fourth-order valence-corrected chi connectivity index (χ4v) is 1.93. The highest BCUT2D eigenvalue weighted by Crippen LogP contribution is 2.26. The van der Waals surface area contributed by atoms with Crippen LogP contribution in [0, 0.1) is 0 Å². The SMILES string of the molecule is Nc1cccc(C(=O)OCc2cccc(Cl)c2Cl)c1. The number of ether oxygens (including phenoxy) is 1. The summed E-state index contributed by atoms with van der Waals surface area (Å²) in [6.07, 6.45) is 0. The van der Waals surface area contributed by atoms with Crippen molar-refractivity contribution in [1.29, 1.82) is 0 Å². The molecule has 0 atom stereocenters. The molecular weight excluding hydrogens is 285 g/mol. The number of rotatable bonds is 3. The summed E-state index contributed by atoms with van der Waals surface area (Å²) < 4.78 is 5.17. The number of anilines is 1. The van der Waals surface area contributed by atoms with Gasteiger partial charge in [0.15, 0.2) is 0 Å². The van der Waals surface area contributed by atoms with Crippen LogP contribution in [-0.2, 0) is 11.3 Å². The van der Waals surface area contributed by atoms with Crippen LogP contribution in [0.1, 0.15) is 15.9 Å². The molecular formula is C14H11Cl2NO2. The van der Waals surface area contributed by atoms with Gasteiger partial charge in [-0.3, -0.25) is 0 Å². The average Bonchev–Trinajstić information content (AvgIpc) is 2.40. The second-order valence-electron chi connectivity index (χ2n) is 3.91. The number of esters is 1. The van der Waals surface area contributed by atoms with Crippen LogP contribution in [0.15, 0.2) is 42.5 Å². The van der Waals surface area contributed by atoms with Crippen LogP contribution in [0.4, 0.5) is 5.69 Å². The quantitative estimate of drug-likeness (QED) is 0.689. The van der Waals surface area contributed by atoms with Gasteiger partial charge >= 0.3 is 5.97 Å². The molecule has 2 rings (SSSR count). The standard InChI is InChI=1S/C14H11Cl2NO2/c15-12-6-2-4-10(13(12)16)8-19-14(18)9-3-1-5-11(17)7-9/h1-7H,8,17H2. The Morgan fingerprint density at radius 1 is 1.16 bits per heavy atom. The van der Waals surface area contributed by atoms with E-state index in [4.69, 9.17) is 33.7 Å². The van der Waals surface area contributed by atoms with Gasteiger partial charge < -0.3 is 10.5 Å². The van der Waals surface area contributed by atoms with Crippen molar-refractivity contribution in [3.05, 3.63) is 63.6 Å². The number of carbonyl (C=O) groups is 1. The second-order valence-corrected chi connectivity index (χ2v) is 4.70. The number of hydrogen-bond acceptors (Lipinski definition) is 3. The van der Waals surface area contributed by atoms with Crippen molar-refractivity contribution in [3.8, 4) is 0 Å². The number of nitrogens with two attached hydrogens (primary N) is 1. The van der Waals surface area contributed by atoms with E-state index in [1.165, 1.54) is 0 Å². The van der Waals surface area contributed by atoms with E-state index < -0.39 is 5.97 Å². The molecule has 0 amide bonds. The Balaban J connectivity index is 2.07. The monoisotopic (exact) mass is 295 g/mol. The van der Waals surface area contributed by atoms with Crippen molar-refractivity contribution in [1.82, 2.24) is 0 Å². The topological polar surface area (TPSA) is 52.3 Å². The van der Waals surface area contributed by atoms with Crippen LogP contribution < -0.4 is 5.73 Å². The lowest BCUT2D eigenvalue weighted by Gasteiger charge is -2.07. The molecule has 19 heavy (non-hydrogen) atoms. The third kappa shape index (κ3) is 3.40. The van der Waals surface area contributed by atoms with E-state index in [0.29, 0.717) is 26.9 Å². The molecule has 0 saturated heterocycles. The van der Waals surface area contributed by atoms with Crippen molar-refractivity contribution >= 4 is 34.9 Å². The molecule has 0 fully saturated rings. The Bertz CT molecular complexity index is 614. The number of carbonyl (C=O) groups excluding carboxylic acids is 1. The van der Waals surface area contributed by atoms with E-state index >= 15 is 0 Å². The van der Waals surface area contributed by atoms with Crippen LogP contribution in [0.2, 0.25) is 10.0 Å². The van der Waals surface area contributed by atoms with Crippen molar-refractivity contribution in [2.75, 3.05) is 5.73 Å². The Hall–Kier alpha value is -1.71. The van der Waals surface area contributed by atoms with Crippen molar-refractivity contribution in [2.45, 2.75) is 6.61 Å². The fraction of sp³-hybridized carbons (Fsp3) is 0.0714. The molecule has 0 heterocycles. The van der Waals surface area contributed by atoms with E-state index in [9.17, 15) is 4.79 Å². The smallest absolute Gasteiger partial charge is 0.338 e. The van der Waals surface area contributed by atoms with Gasteiger partial charge in [0.2, 0.25) is 0 Å². The molecule has 0 aliphatic rings. The third-order valence-electron chi connectivity index (χ3n) is 2.51. The first-order valence-electron chi connectivity index (χ1n) is 5.53. The van der Waals surface area contributed by atoms with E-state index in [-0.39, 0.29) is 6.61 Å². The van der Waals surface area contributed by atoms with Gasteiger partial charge in [0.05, 0.1) is 15.6 Å². The molecule has 0 bridgehead atoms. The summed E-state index contributed by atoms with van der Waals surface area (Å²) in [5.74, 6) is -0.455. The van der Waals surface area contributed by atoms with Gasteiger partial charge in [-0.25, -0.2) is 4.79 Å². The van der Waals surface area contributed by atoms with Crippen LogP contribution in [0.3, 0.4) is 0 Å². The lowest BCUT2D eigenvalue weighted by Crippen LogP contribution is -2.06. The zero-order valence-corrected chi connectivity index (χ0v) is 11.4. The molecule has 0 radical (unpaired) electrons. The summed E-state index contributed by atoms with van der Waals surface area (Å²) >= 11 is 11.9. The highest BCUT2D eigenvalue weighted by atomic mass is 35.5. The van der Waals surface area contributed by atoms with E-state index in [0.717, 1.165) is 0 Å². The maximum Gasteiger partial charge on any atom is 0.338 e. The Labute approximate surface area is 120 Å². The largest absolute Gasteiger partial charge is 0.457 e. The molecule has 0 spiro atoms. The highest BCUT2D eigenvalue weighted by Gasteiger charge is 2.10. The van der Waals surface area contributed by atoms with E-state index in [1.54, 1.807) is 42.5 Å². The normalized spacial score (nSPS) is 10.2. The molecule has 2 N–H and O–H groups in total. The molecule has 0 saturated carbocycles. The molecule has 0 aliphatic carbocycles. The fourth-order valence-electron chi connectivity index (χ4n) is 1.55. The van der Waals surface area contributed by atoms with Crippen LogP contribution in [0.5, 0.6) is 0 Å². The first kappa shape index (κ1) is 13.7. The predicted octanol–water partition coefficient (Wildman–Crippen LogP) is 3.93. The zero-order valence-electron chi connectivity index (χ0n) is 9.90. The van der Waals surface area contributed by atoms with Crippen molar-refractivity contribution < 1.29 is 9.53 Å². The minimum absolute atomic E-state index is 0.0625. The number of hydrogen-bond donors (Lipinski definition) is 1. The Kier molecular flexibility index (Phi) is 4.30. The molecule has 5 heteroatoms. The summed E-state index contributed by atoms with van der Waals surface area (Å²) in [4.78, 5) is 11.8. The zero-order chi connectivity index (χ0) is 13.8. The van der Waals surface area contributed by atoms with E-state index in [2.05, 4.69) is 0 Å². The first-order chi connectivity index (χ1) is 9.08. The predicted molar refractivity (Wildman–Crippen MR) is 76.4 cm³/mol. The summed E-state index contributed by atoms with van der Waals surface area (Å²) in [6, 6.07) is 11.8. The maximum absolute atomic E-state index is 11.8. The summed E-state index contributed by atoms with van der Waals surface area (Å²) in [7, 11) is 0. The molecule has 3 nitrogen and oxygen atoms in total. The highest BCUT2D eigenvalue weighted by molar-refractivity contribution is 6.42. The van der Waals surface area contributed by atoms with Gasteiger partial charge in [0, 0.05) is 11.3 Å². The van der Waals surface area contributed by atoms with Crippen molar-refractivity contribution in [2.24, 2.45) is 0 Å². The number of nitrogen functional groups attached to an aromatic ring is 1. The average molecular weight is 296 g/mol. The van der Waals surface area contributed by atoms with Gasteiger partial charge in [-0.1, -0.05) is 41.4 Å². The van der Waals surface area contributed by atoms with Crippen molar-refractivity contribution in [3.63, 3.8) is 0 Å². The van der Waals surface area contributed by atoms with Crippen LogP contribution >= 0.6 is 23.2 Å². The molecule has 2 aromatic rings. The molecule has 98 valence electrons. The minimum atomic E-state index is -0.455. The number of benzene rings is 2. The Morgan fingerprint density at radius 2 is 1.89 bits per heavy atom. The van der Waals surface area contributed by atoms with Gasteiger partial charge in [-0.05, 0) is 24.3 Å². The molecule has 0 aromatic heterocycles. The van der Waals surface area contributed by atoms with Crippen LogP contribution in [-0.4, -0.2) is 5.97 Å². The molecule has 0 unspecified atom stereocenters. The second kappa shape index (κ2) is 5.95. The third-order valence-corrected chi connectivity index (χ3v) is 3.37. The lowest BCUT2D eigenvalue weighted by atomic mass is 10.2. The minimum Gasteiger partial charge on any atom is -0.457 e. The Morgan fingerprint density at radius 3 is 2.63 bits per heavy atom.